The van der Waals surface area contributed by atoms with Gasteiger partial charge in [0.25, 0.3) is 0 Å². The van der Waals surface area contributed by atoms with Gasteiger partial charge in [-0.25, -0.2) is 0 Å². The summed E-state index contributed by atoms with van der Waals surface area (Å²) in [5, 5.41) is 4.31. The Morgan fingerprint density at radius 1 is 1.26 bits per heavy atom. The summed E-state index contributed by atoms with van der Waals surface area (Å²) in [6.45, 7) is 0.716. The highest BCUT2D eigenvalue weighted by atomic mass is 35.5. The third-order valence-electron chi connectivity index (χ3n) is 3.84. The Hall–Kier alpha value is -0.770. The van der Waals surface area contributed by atoms with Gasteiger partial charge in [-0.05, 0) is 25.0 Å². The number of nitrogens with one attached hydrogen (secondary N) is 1. The van der Waals surface area contributed by atoms with Crippen molar-refractivity contribution >= 4 is 11.6 Å². The molecule has 106 valence electrons. The first-order chi connectivity index (χ1) is 9.26. The van der Waals surface area contributed by atoms with Crippen LogP contribution in [0, 0.1) is 0 Å². The molecule has 1 fully saturated rings. The Morgan fingerprint density at radius 2 is 2.05 bits per heavy atom. The third kappa shape index (κ3) is 3.62. The number of benzene rings is 1. The molecule has 4 heteroatoms. The van der Waals surface area contributed by atoms with Crippen molar-refractivity contribution in [3.63, 3.8) is 0 Å². The van der Waals surface area contributed by atoms with E-state index in [1.165, 1.54) is 12.8 Å². The fourth-order valence-electron chi connectivity index (χ4n) is 2.75. The van der Waals surface area contributed by atoms with Crippen molar-refractivity contribution in [2.75, 3.05) is 14.2 Å². The van der Waals surface area contributed by atoms with Crippen LogP contribution in [0.1, 0.15) is 31.2 Å². The van der Waals surface area contributed by atoms with Crippen LogP contribution in [-0.2, 0) is 11.3 Å². The van der Waals surface area contributed by atoms with Gasteiger partial charge in [0.1, 0.15) is 5.75 Å². The summed E-state index contributed by atoms with van der Waals surface area (Å²) < 4.78 is 10.9. The van der Waals surface area contributed by atoms with E-state index >= 15 is 0 Å². The zero-order chi connectivity index (χ0) is 13.7. The molecular weight excluding hydrogens is 262 g/mol. The van der Waals surface area contributed by atoms with Crippen LogP contribution in [0.2, 0.25) is 5.02 Å². The lowest BCUT2D eigenvalue weighted by molar-refractivity contribution is 0.0412. The van der Waals surface area contributed by atoms with Crippen molar-refractivity contribution < 1.29 is 9.47 Å². The van der Waals surface area contributed by atoms with Gasteiger partial charge in [0, 0.05) is 30.3 Å². The predicted octanol–water partition coefficient (Wildman–Crippen LogP) is 3.40. The molecule has 0 bridgehead atoms. The zero-order valence-corrected chi connectivity index (χ0v) is 12.4. The van der Waals surface area contributed by atoms with E-state index in [2.05, 4.69) is 5.32 Å². The highest BCUT2D eigenvalue weighted by Gasteiger charge is 2.24. The Balaban J connectivity index is 2.01. The van der Waals surface area contributed by atoms with Crippen molar-refractivity contribution in [1.82, 2.24) is 5.32 Å². The van der Waals surface area contributed by atoms with Crippen molar-refractivity contribution in [2.45, 2.75) is 44.4 Å². The number of hydrogen-bond acceptors (Lipinski definition) is 3. The highest BCUT2D eigenvalue weighted by Crippen LogP contribution is 2.27. The van der Waals surface area contributed by atoms with E-state index in [9.17, 15) is 0 Å². The molecule has 2 rings (SSSR count). The first-order valence-electron chi connectivity index (χ1n) is 6.83. The summed E-state index contributed by atoms with van der Waals surface area (Å²) in [6.07, 6.45) is 5.12. The minimum absolute atomic E-state index is 0.308. The van der Waals surface area contributed by atoms with Crippen molar-refractivity contribution in [3.8, 4) is 5.75 Å². The van der Waals surface area contributed by atoms with Gasteiger partial charge in [0.2, 0.25) is 0 Å². The van der Waals surface area contributed by atoms with Crippen LogP contribution in [0.4, 0.5) is 0 Å². The van der Waals surface area contributed by atoms with Gasteiger partial charge in [0.15, 0.2) is 0 Å². The zero-order valence-electron chi connectivity index (χ0n) is 11.6. The number of methoxy groups -OCH3 is 2. The van der Waals surface area contributed by atoms with E-state index in [-0.39, 0.29) is 0 Å². The second-order valence-electron chi connectivity index (χ2n) is 4.97. The lowest BCUT2D eigenvalue weighted by atomic mass is 9.92. The Labute approximate surface area is 120 Å². The normalized spacial score (nSPS) is 23.3. The maximum absolute atomic E-state index is 6.24. The minimum Gasteiger partial charge on any atom is -0.496 e. The van der Waals surface area contributed by atoms with E-state index in [0.29, 0.717) is 18.7 Å². The molecule has 0 spiro atoms. The fraction of sp³-hybridized carbons (Fsp3) is 0.600. The molecule has 3 nitrogen and oxygen atoms in total. The van der Waals surface area contributed by atoms with Crippen LogP contribution in [0.15, 0.2) is 18.2 Å². The van der Waals surface area contributed by atoms with Gasteiger partial charge < -0.3 is 14.8 Å². The van der Waals surface area contributed by atoms with E-state index in [1.807, 2.05) is 18.2 Å². The molecule has 1 aromatic carbocycles. The van der Waals surface area contributed by atoms with Crippen molar-refractivity contribution in [2.24, 2.45) is 0 Å². The Kier molecular flexibility index (Phi) is 5.49. The van der Waals surface area contributed by atoms with Crippen LogP contribution in [0.5, 0.6) is 5.75 Å². The van der Waals surface area contributed by atoms with E-state index < -0.39 is 0 Å². The summed E-state index contributed by atoms with van der Waals surface area (Å²) in [6, 6.07) is 6.15. The fourth-order valence-corrected chi connectivity index (χ4v) is 2.98. The largest absolute Gasteiger partial charge is 0.496 e. The molecule has 1 aliphatic carbocycles. The quantitative estimate of drug-likeness (QED) is 0.898. The molecule has 1 aromatic rings. The molecule has 1 aliphatic rings. The van der Waals surface area contributed by atoms with Crippen LogP contribution in [0.3, 0.4) is 0 Å². The van der Waals surface area contributed by atoms with E-state index in [4.69, 9.17) is 21.1 Å². The Morgan fingerprint density at radius 3 is 2.79 bits per heavy atom. The summed E-state index contributed by atoms with van der Waals surface area (Å²) in [7, 11) is 3.47. The van der Waals surface area contributed by atoms with Crippen LogP contribution >= 0.6 is 11.6 Å². The van der Waals surface area contributed by atoms with E-state index in [0.717, 1.165) is 29.2 Å². The molecule has 0 aromatic heterocycles. The van der Waals surface area contributed by atoms with Gasteiger partial charge in [-0.2, -0.15) is 0 Å². The standard InChI is InChI=1S/C15H22ClNO2/c1-18-14-9-5-6-12(16)11(14)10-17-13-7-3-4-8-15(13)19-2/h5-6,9,13,15,17H,3-4,7-8,10H2,1-2H3. The maximum Gasteiger partial charge on any atom is 0.124 e. The molecule has 1 saturated carbocycles. The third-order valence-corrected chi connectivity index (χ3v) is 4.20. The molecular formula is C15H22ClNO2. The van der Waals surface area contributed by atoms with Gasteiger partial charge in [-0.3, -0.25) is 0 Å². The minimum atomic E-state index is 0.308. The lowest BCUT2D eigenvalue weighted by Crippen LogP contribution is -2.42. The van der Waals surface area contributed by atoms with Crippen LogP contribution in [0.25, 0.3) is 0 Å². The molecule has 0 heterocycles. The number of hydrogen-bond donors (Lipinski definition) is 1. The van der Waals surface area contributed by atoms with Gasteiger partial charge >= 0.3 is 0 Å². The first-order valence-corrected chi connectivity index (χ1v) is 7.21. The highest BCUT2D eigenvalue weighted by molar-refractivity contribution is 6.31. The average Bonchev–Trinajstić information content (AvgIpc) is 2.46. The van der Waals surface area contributed by atoms with E-state index in [1.54, 1.807) is 14.2 Å². The number of ether oxygens (including phenoxy) is 2. The van der Waals surface area contributed by atoms with Gasteiger partial charge in [-0.1, -0.05) is 30.5 Å². The first kappa shape index (κ1) is 14.6. The van der Waals surface area contributed by atoms with Crippen LogP contribution in [-0.4, -0.2) is 26.4 Å². The summed E-state index contributed by atoms with van der Waals surface area (Å²) >= 11 is 6.24. The molecule has 2 atom stereocenters. The molecule has 2 unspecified atom stereocenters. The molecule has 19 heavy (non-hydrogen) atoms. The van der Waals surface area contributed by atoms with Crippen LogP contribution < -0.4 is 10.1 Å². The number of halogens is 1. The average molecular weight is 284 g/mol. The van der Waals surface area contributed by atoms with Crippen molar-refractivity contribution in [3.05, 3.63) is 28.8 Å². The van der Waals surface area contributed by atoms with Crippen molar-refractivity contribution in [1.29, 1.82) is 0 Å². The Bertz CT molecular complexity index is 411. The van der Waals surface area contributed by atoms with Gasteiger partial charge in [0.05, 0.1) is 13.2 Å². The smallest absolute Gasteiger partial charge is 0.124 e. The molecule has 0 radical (unpaired) electrons. The maximum atomic E-state index is 6.24. The second kappa shape index (κ2) is 7.13. The van der Waals surface area contributed by atoms with Gasteiger partial charge in [-0.15, -0.1) is 0 Å². The molecule has 1 N–H and O–H groups in total. The monoisotopic (exact) mass is 283 g/mol. The predicted molar refractivity (Wildman–Crippen MR) is 77.9 cm³/mol. The summed E-state index contributed by atoms with van der Waals surface area (Å²) in [4.78, 5) is 0. The molecule has 0 amide bonds. The SMILES string of the molecule is COc1cccc(Cl)c1CNC1CCCCC1OC. The summed E-state index contributed by atoms with van der Waals surface area (Å²) in [5.41, 5.74) is 1.02. The lowest BCUT2D eigenvalue weighted by Gasteiger charge is -2.31. The molecule has 0 saturated heterocycles. The summed E-state index contributed by atoms with van der Waals surface area (Å²) in [5.74, 6) is 0.838. The molecule has 0 aliphatic heterocycles. The number of rotatable bonds is 5. The second-order valence-corrected chi connectivity index (χ2v) is 5.37. The topological polar surface area (TPSA) is 30.5 Å².